The standard InChI is InChI=1S/C15H11F3N2O2/c1-8-3-2-4-9(7-8)19-14(21)15(22)20-11-6-5-10(16)12(17)13(11)18/h2-7H,1H3,(H,19,21)(H,20,22). The van der Waals surface area contributed by atoms with Crippen molar-refractivity contribution in [1.29, 1.82) is 0 Å². The van der Waals surface area contributed by atoms with Crippen LogP contribution in [0.2, 0.25) is 0 Å². The van der Waals surface area contributed by atoms with Crippen LogP contribution in [0, 0.1) is 24.4 Å². The minimum atomic E-state index is -1.73. The maximum atomic E-state index is 13.4. The Bertz CT molecular complexity index is 748. The van der Waals surface area contributed by atoms with E-state index in [1.165, 1.54) is 0 Å². The number of hydrogen-bond donors (Lipinski definition) is 2. The number of benzene rings is 2. The Balaban J connectivity index is 2.09. The summed E-state index contributed by atoms with van der Waals surface area (Å²) in [4.78, 5) is 23.3. The fraction of sp³-hybridized carbons (Fsp3) is 0.0667. The molecular formula is C15H11F3N2O2. The quantitative estimate of drug-likeness (QED) is 0.662. The number of amides is 2. The van der Waals surface area contributed by atoms with Gasteiger partial charge in [-0.2, -0.15) is 0 Å². The number of aryl methyl sites for hydroxylation is 1. The van der Waals surface area contributed by atoms with E-state index >= 15 is 0 Å². The van der Waals surface area contributed by atoms with Crippen LogP contribution < -0.4 is 10.6 Å². The van der Waals surface area contributed by atoms with Gasteiger partial charge in [-0.1, -0.05) is 12.1 Å². The van der Waals surface area contributed by atoms with Gasteiger partial charge in [0.05, 0.1) is 5.69 Å². The monoisotopic (exact) mass is 308 g/mol. The Kier molecular flexibility index (Phi) is 4.45. The Labute approximate surface area is 124 Å². The summed E-state index contributed by atoms with van der Waals surface area (Å²) in [6.07, 6.45) is 0. The zero-order chi connectivity index (χ0) is 16.3. The van der Waals surface area contributed by atoms with Crippen molar-refractivity contribution < 1.29 is 22.8 Å². The molecule has 0 fully saturated rings. The summed E-state index contributed by atoms with van der Waals surface area (Å²) >= 11 is 0. The molecule has 0 aromatic heterocycles. The fourth-order valence-corrected chi connectivity index (χ4v) is 1.71. The molecule has 2 rings (SSSR count). The van der Waals surface area contributed by atoms with E-state index in [0.717, 1.165) is 11.6 Å². The highest BCUT2D eigenvalue weighted by molar-refractivity contribution is 6.43. The highest BCUT2D eigenvalue weighted by atomic mass is 19.2. The van der Waals surface area contributed by atoms with Crippen molar-refractivity contribution in [2.24, 2.45) is 0 Å². The third-order valence-corrected chi connectivity index (χ3v) is 2.77. The summed E-state index contributed by atoms with van der Waals surface area (Å²) in [5.74, 6) is -6.95. The molecule has 2 N–H and O–H groups in total. The van der Waals surface area contributed by atoms with Crippen LogP contribution in [-0.2, 0) is 9.59 Å². The molecule has 0 aliphatic heterocycles. The number of anilines is 2. The molecule has 0 saturated heterocycles. The number of hydrogen-bond acceptors (Lipinski definition) is 2. The molecule has 0 aliphatic rings. The molecule has 0 aliphatic carbocycles. The van der Waals surface area contributed by atoms with E-state index in [2.05, 4.69) is 5.32 Å². The Hall–Kier alpha value is -2.83. The topological polar surface area (TPSA) is 58.2 Å². The summed E-state index contributed by atoms with van der Waals surface area (Å²) in [6, 6.07) is 8.14. The van der Waals surface area contributed by atoms with Crippen LogP contribution >= 0.6 is 0 Å². The average Bonchev–Trinajstić information content (AvgIpc) is 2.47. The summed E-state index contributed by atoms with van der Waals surface area (Å²) in [5, 5.41) is 4.19. The predicted molar refractivity (Wildman–Crippen MR) is 74.8 cm³/mol. The molecule has 7 heteroatoms. The first-order valence-corrected chi connectivity index (χ1v) is 6.21. The molecule has 2 amide bonds. The highest BCUT2D eigenvalue weighted by Gasteiger charge is 2.19. The van der Waals surface area contributed by atoms with Crippen molar-refractivity contribution in [3.63, 3.8) is 0 Å². The van der Waals surface area contributed by atoms with Gasteiger partial charge < -0.3 is 10.6 Å². The van der Waals surface area contributed by atoms with Crippen LogP contribution in [0.4, 0.5) is 24.5 Å². The molecule has 0 unspecified atom stereocenters. The van der Waals surface area contributed by atoms with Gasteiger partial charge in [0, 0.05) is 5.69 Å². The molecule has 114 valence electrons. The molecule has 0 saturated carbocycles. The maximum absolute atomic E-state index is 13.4. The van der Waals surface area contributed by atoms with Gasteiger partial charge in [0.1, 0.15) is 0 Å². The fourth-order valence-electron chi connectivity index (χ4n) is 1.71. The van der Waals surface area contributed by atoms with E-state index in [0.29, 0.717) is 11.8 Å². The molecule has 0 bridgehead atoms. The van der Waals surface area contributed by atoms with Crippen molar-refractivity contribution in [2.75, 3.05) is 10.6 Å². The third kappa shape index (κ3) is 3.43. The number of carbonyl (C=O) groups is 2. The Morgan fingerprint density at radius 3 is 2.27 bits per heavy atom. The van der Waals surface area contributed by atoms with Gasteiger partial charge in [0.15, 0.2) is 17.5 Å². The number of carbonyl (C=O) groups excluding carboxylic acids is 2. The second-order valence-electron chi connectivity index (χ2n) is 4.50. The van der Waals surface area contributed by atoms with E-state index in [1.807, 2.05) is 5.32 Å². The maximum Gasteiger partial charge on any atom is 0.314 e. The van der Waals surface area contributed by atoms with Crippen LogP contribution in [-0.4, -0.2) is 11.8 Å². The molecule has 2 aromatic rings. The van der Waals surface area contributed by atoms with Gasteiger partial charge in [-0.3, -0.25) is 9.59 Å². The largest absolute Gasteiger partial charge is 0.318 e. The summed E-state index contributed by atoms with van der Waals surface area (Å²) in [6.45, 7) is 1.80. The second kappa shape index (κ2) is 6.30. The number of halogens is 3. The molecular weight excluding hydrogens is 297 g/mol. The Morgan fingerprint density at radius 2 is 1.59 bits per heavy atom. The lowest BCUT2D eigenvalue weighted by Crippen LogP contribution is -2.29. The Morgan fingerprint density at radius 1 is 0.909 bits per heavy atom. The van der Waals surface area contributed by atoms with Crippen LogP contribution in [0.15, 0.2) is 36.4 Å². The van der Waals surface area contributed by atoms with E-state index in [-0.39, 0.29) is 0 Å². The molecule has 4 nitrogen and oxygen atoms in total. The highest BCUT2D eigenvalue weighted by Crippen LogP contribution is 2.19. The zero-order valence-corrected chi connectivity index (χ0v) is 11.4. The van der Waals surface area contributed by atoms with Gasteiger partial charge in [0.2, 0.25) is 0 Å². The summed E-state index contributed by atoms with van der Waals surface area (Å²) < 4.78 is 39.2. The lowest BCUT2D eigenvalue weighted by molar-refractivity contribution is -0.133. The molecule has 22 heavy (non-hydrogen) atoms. The van der Waals surface area contributed by atoms with E-state index in [4.69, 9.17) is 0 Å². The SMILES string of the molecule is Cc1cccc(NC(=O)C(=O)Nc2ccc(F)c(F)c2F)c1. The summed E-state index contributed by atoms with van der Waals surface area (Å²) in [7, 11) is 0. The van der Waals surface area contributed by atoms with E-state index < -0.39 is 35.0 Å². The van der Waals surface area contributed by atoms with Crippen molar-refractivity contribution >= 4 is 23.2 Å². The third-order valence-electron chi connectivity index (χ3n) is 2.77. The first-order chi connectivity index (χ1) is 10.4. The predicted octanol–water partition coefficient (Wildman–Crippen LogP) is 2.99. The number of rotatable bonds is 2. The number of nitrogens with one attached hydrogen (secondary N) is 2. The second-order valence-corrected chi connectivity index (χ2v) is 4.50. The van der Waals surface area contributed by atoms with Crippen molar-refractivity contribution in [1.82, 2.24) is 0 Å². The van der Waals surface area contributed by atoms with Crippen molar-refractivity contribution in [3.05, 3.63) is 59.4 Å². The van der Waals surface area contributed by atoms with Crippen LogP contribution in [0.1, 0.15) is 5.56 Å². The minimum absolute atomic E-state index is 0.380. The first kappa shape index (κ1) is 15.6. The normalized spacial score (nSPS) is 10.2. The first-order valence-electron chi connectivity index (χ1n) is 6.21. The van der Waals surface area contributed by atoms with Gasteiger partial charge in [0.25, 0.3) is 0 Å². The molecule has 0 heterocycles. The van der Waals surface area contributed by atoms with Gasteiger partial charge in [-0.25, -0.2) is 13.2 Å². The summed E-state index contributed by atoms with van der Waals surface area (Å²) in [5.41, 5.74) is 0.624. The van der Waals surface area contributed by atoms with Gasteiger partial charge in [-0.15, -0.1) is 0 Å². The van der Waals surface area contributed by atoms with Crippen molar-refractivity contribution in [2.45, 2.75) is 6.92 Å². The van der Waals surface area contributed by atoms with Crippen LogP contribution in [0.3, 0.4) is 0 Å². The van der Waals surface area contributed by atoms with Crippen molar-refractivity contribution in [3.8, 4) is 0 Å². The van der Waals surface area contributed by atoms with Crippen LogP contribution in [0.5, 0.6) is 0 Å². The average molecular weight is 308 g/mol. The zero-order valence-electron chi connectivity index (χ0n) is 11.4. The molecule has 2 aromatic carbocycles. The van der Waals surface area contributed by atoms with E-state index in [9.17, 15) is 22.8 Å². The van der Waals surface area contributed by atoms with E-state index in [1.54, 1.807) is 31.2 Å². The minimum Gasteiger partial charge on any atom is -0.318 e. The van der Waals surface area contributed by atoms with Gasteiger partial charge in [-0.05, 0) is 36.8 Å². The van der Waals surface area contributed by atoms with Gasteiger partial charge >= 0.3 is 11.8 Å². The molecule has 0 radical (unpaired) electrons. The lowest BCUT2D eigenvalue weighted by atomic mass is 10.2. The smallest absolute Gasteiger partial charge is 0.314 e. The van der Waals surface area contributed by atoms with Crippen LogP contribution in [0.25, 0.3) is 0 Å². The lowest BCUT2D eigenvalue weighted by Gasteiger charge is -2.08. The molecule has 0 atom stereocenters. The molecule has 0 spiro atoms.